The van der Waals surface area contributed by atoms with E-state index in [0.717, 1.165) is 18.2 Å². The van der Waals surface area contributed by atoms with Crippen molar-refractivity contribution in [3.05, 3.63) is 98.6 Å². The zero-order valence-corrected chi connectivity index (χ0v) is 20.3. The number of benzene rings is 3. The number of hydrogen-bond acceptors (Lipinski definition) is 10. The molecule has 3 aromatic carbocycles. The van der Waals surface area contributed by atoms with E-state index in [1.807, 2.05) is 0 Å². The topological polar surface area (TPSA) is 165 Å². The van der Waals surface area contributed by atoms with E-state index in [-0.39, 0.29) is 29.4 Å². The monoisotopic (exact) mass is 522 g/mol. The Hall–Kier alpha value is -5.46. The second-order valence-electron chi connectivity index (χ2n) is 7.34. The predicted molar refractivity (Wildman–Crippen MR) is 137 cm³/mol. The molecule has 0 spiro atoms. The lowest BCUT2D eigenvalue weighted by molar-refractivity contribution is -0.394. The lowest BCUT2D eigenvalue weighted by Crippen LogP contribution is -2.17. The van der Waals surface area contributed by atoms with Gasteiger partial charge in [0.05, 0.1) is 36.3 Å². The van der Waals surface area contributed by atoms with Gasteiger partial charge in [-0.15, -0.1) is 0 Å². The fourth-order valence-corrected chi connectivity index (χ4v) is 3.12. The summed E-state index contributed by atoms with van der Waals surface area (Å²) < 4.78 is 21.6. The summed E-state index contributed by atoms with van der Waals surface area (Å²) in [5, 5.41) is 26.2. The van der Waals surface area contributed by atoms with Crippen molar-refractivity contribution in [1.29, 1.82) is 0 Å². The number of carbonyl (C=O) groups is 1. The van der Waals surface area contributed by atoms with Gasteiger partial charge >= 0.3 is 5.69 Å². The number of non-ortho nitro benzene ring substituents is 1. The van der Waals surface area contributed by atoms with Gasteiger partial charge in [-0.3, -0.25) is 25.0 Å². The number of nitrogens with zero attached hydrogens (tertiary/aromatic N) is 3. The van der Waals surface area contributed by atoms with Crippen molar-refractivity contribution in [3.63, 3.8) is 0 Å². The predicted octanol–water partition coefficient (Wildman–Crippen LogP) is 4.64. The summed E-state index contributed by atoms with van der Waals surface area (Å²) in [5.41, 5.74) is 2.18. The summed E-state index contributed by atoms with van der Waals surface area (Å²) in [4.78, 5) is 33.3. The molecule has 0 saturated heterocycles. The van der Waals surface area contributed by atoms with Gasteiger partial charge in [-0.2, -0.15) is 5.10 Å². The molecule has 0 aliphatic rings. The van der Waals surface area contributed by atoms with Gasteiger partial charge in [-0.25, -0.2) is 5.43 Å². The van der Waals surface area contributed by atoms with Crippen LogP contribution in [-0.4, -0.2) is 42.8 Å². The van der Waals surface area contributed by atoms with E-state index in [1.54, 1.807) is 24.3 Å². The van der Waals surface area contributed by atoms with Crippen LogP contribution in [0.2, 0.25) is 0 Å². The van der Waals surface area contributed by atoms with E-state index >= 15 is 0 Å². The van der Waals surface area contributed by atoms with Gasteiger partial charge in [0, 0.05) is 11.6 Å². The number of amides is 1. The Morgan fingerprint density at radius 1 is 0.921 bits per heavy atom. The molecule has 3 aromatic rings. The van der Waals surface area contributed by atoms with Gasteiger partial charge in [-0.1, -0.05) is 12.7 Å². The van der Waals surface area contributed by atoms with Crippen molar-refractivity contribution in [2.45, 2.75) is 0 Å². The lowest BCUT2D eigenvalue weighted by atomic mass is 10.2. The Morgan fingerprint density at radius 2 is 1.61 bits per heavy atom. The van der Waals surface area contributed by atoms with E-state index < -0.39 is 27.1 Å². The van der Waals surface area contributed by atoms with Gasteiger partial charge in [-0.05, 0) is 48.0 Å². The first-order valence-electron chi connectivity index (χ1n) is 10.8. The van der Waals surface area contributed by atoms with E-state index in [9.17, 15) is 25.0 Å². The van der Waals surface area contributed by atoms with Crippen LogP contribution in [0.5, 0.6) is 28.7 Å². The molecule has 0 aromatic heterocycles. The Morgan fingerprint density at radius 3 is 2.26 bits per heavy atom. The number of methoxy groups -OCH3 is 2. The fraction of sp³-hybridized carbons (Fsp3) is 0.120. The van der Waals surface area contributed by atoms with Crippen molar-refractivity contribution in [3.8, 4) is 28.7 Å². The largest absolute Gasteiger partial charge is 0.493 e. The van der Waals surface area contributed by atoms with Crippen LogP contribution in [-0.2, 0) is 0 Å². The molecule has 0 fully saturated rings. The van der Waals surface area contributed by atoms with Crippen LogP contribution < -0.4 is 24.4 Å². The number of rotatable bonds is 12. The van der Waals surface area contributed by atoms with E-state index in [2.05, 4.69) is 17.1 Å². The van der Waals surface area contributed by atoms with Crippen LogP contribution in [0.3, 0.4) is 0 Å². The van der Waals surface area contributed by atoms with Gasteiger partial charge < -0.3 is 18.9 Å². The molecule has 38 heavy (non-hydrogen) atoms. The molecule has 1 N–H and O–H groups in total. The van der Waals surface area contributed by atoms with Gasteiger partial charge in [0.1, 0.15) is 6.61 Å². The molecule has 0 heterocycles. The van der Waals surface area contributed by atoms with Crippen LogP contribution in [0.15, 0.2) is 72.4 Å². The van der Waals surface area contributed by atoms with Crippen LogP contribution in [0.25, 0.3) is 0 Å². The fourth-order valence-electron chi connectivity index (χ4n) is 3.12. The van der Waals surface area contributed by atoms with E-state index in [4.69, 9.17) is 18.9 Å². The van der Waals surface area contributed by atoms with Crippen LogP contribution >= 0.6 is 0 Å². The van der Waals surface area contributed by atoms with Crippen molar-refractivity contribution in [1.82, 2.24) is 5.43 Å². The van der Waals surface area contributed by atoms with Crippen molar-refractivity contribution < 1.29 is 33.6 Å². The third-order valence-electron chi connectivity index (χ3n) is 4.92. The lowest BCUT2D eigenvalue weighted by Gasteiger charge is -2.11. The van der Waals surface area contributed by atoms with E-state index in [1.165, 1.54) is 38.6 Å². The molecule has 1 amide bonds. The van der Waals surface area contributed by atoms with Gasteiger partial charge in [0.15, 0.2) is 23.0 Å². The van der Waals surface area contributed by atoms with Crippen molar-refractivity contribution >= 4 is 23.5 Å². The van der Waals surface area contributed by atoms with Crippen molar-refractivity contribution in [2.24, 2.45) is 5.10 Å². The zero-order chi connectivity index (χ0) is 27.7. The van der Waals surface area contributed by atoms with Gasteiger partial charge in [0.2, 0.25) is 5.75 Å². The summed E-state index contributed by atoms with van der Waals surface area (Å²) in [6, 6.07) is 12.3. The first-order chi connectivity index (χ1) is 18.3. The highest BCUT2D eigenvalue weighted by Gasteiger charge is 2.22. The number of ether oxygens (including phenoxy) is 4. The summed E-state index contributed by atoms with van der Waals surface area (Å²) in [7, 11) is 2.82. The highest BCUT2D eigenvalue weighted by molar-refractivity contribution is 5.95. The minimum absolute atomic E-state index is 0.122. The second kappa shape index (κ2) is 12.5. The molecule has 0 radical (unpaired) electrons. The number of nitro benzene ring substituents is 2. The quantitative estimate of drug-likeness (QED) is 0.154. The number of hydrogen-bond donors (Lipinski definition) is 1. The molecule has 0 aliphatic carbocycles. The second-order valence-corrected chi connectivity index (χ2v) is 7.34. The number of nitro groups is 2. The molecule has 0 aliphatic heterocycles. The van der Waals surface area contributed by atoms with Crippen LogP contribution in [0.1, 0.15) is 15.9 Å². The first kappa shape index (κ1) is 27.1. The molecular formula is C25H22N4O9. The average Bonchev–Trinajstić information content (AvgIpc) is 2.92. The van der Waals surface area contributed by atoms with Gasteiger partial charge in [0.25, 0.3) is 11.6 Å². The Labute approximate surface area is 216 Å². The maximum absolute atomic E-state index is 12.5. The number of hydrazone groups is 1. The average molecular weight is 522 g/mol. The maximum atomic E-state index is 12.5. The van der Waals surface area contributed by atoms with Crippen molar-refractivity contribution in [2.75, 3.05) is 20.8 Å². The zero-order valence-electron chi connectivity index (χ0n) is 20.3. The molecule has 13 heteroatoms. The Bertz CT molecular complexity index is 1410. The molecular weight excluding hydrogens is 500 g/mol. The molecule has 0 saturated carbocycles. The summed E-state index contributed by atoms with van der Waals surface area (Å²) in [6.07, 6.45) is 2.94. The van der Waals surface area contributed by atoms with Crippen LogP contribution in [0, 0.1) is 20.2 Å². The standard InChI is InChI=1S/C25H22N4O9/c1-4-11-37-21-9-6-17(13-24(21)36-3)25(30)27-26-15-16-5-8-22(23(12-16)35-2)38-20-10-7-18(28(31)32)14-19(20)29(33)34/h4-10,12-15H,1,11H2,2-3H3,(H,27,30)/b26-15+. The summed E-state index contributed by atoms with van der Waals surface area (Å²) >= 11 is 0. The molecule has 196 valence electrons. The first-order valence-corrected chi connectivity index (χ1v) is 10.8. The third kappa shape index (κ3) is 6.60. The number of carbonyl (C=O) groups excluding carboxylic acids is 1. The normalized spacial score (nSPS) is 10.5. The van der Waals surface area contributed by atoms with E-state index in [0.29, 0.717) is 17.1 Å². The molecule has 0 unspecified atom stereocenters. The van der Waals surface area contributed by atoms with Crippen LogP contribution in [0.4, 0.5) is 11.4 Å². The molecule has 13 nitrogen and oxygen atoms in total. The highest BCUT2D eigenvalue weighted by Crippen LogP contribution is 2.38. The minimum Gasteiger partial charge on any atom is -0.493 e. The molecule has 3 rings (SSSR count). The Balaban J connectivity index is 1.73. The number of nitrogens with one attached hydrogen (secondary N) is 1. The minimum atomic E-state index is -0.782. The molecule has 0 bridgehead atoms. The molecule has 0 atom stereocenters. The SMILES string of the molecule is C=CCOc1ccc(C(=O)N/N=C/c2ccc(Oc3ccc([N+](=O)[O-])cc3[N+](=O)[O-])c(OC)c2)cc1OC. The highest BCUT2D eigenvalue weighted by atomic mass is 16.6. The Kier molecular flexibility index (Phi) is 8.91. The maximum Gasteiger partial charge on any atom is 0.318 e. The smallest absolute Gasteiger partial charge is 0.318 e. The summed E-state index contributed by atoms with van der Waals surface area (Å²) in [5.74, 6) is 0.457. The third-order valence-corrected chi connectivity index (χ3v) is 4.92. The summed E-state index contributed by atoms with van der Waals surface area (Å²) in [6.45, 7) is 3.86.